The molecule has 1 fully saturated rings. The lowest BCUT2D eigenvalue weighted by atomic mass is 10.2. The van der Waals surface area contributed by atoms with Crippen molar-refractivity contribution in [2.45, 2.75) is 32.0 Å². The van der Waals surface area contributed by atoms with Crippen LogP contribution >= 0.6 is 0 Å². The zero-order valence-corrected chi connectivity index (χ0v) is 7.39. The van der Waals surface area contributed by atoms with Gasteiger partial charge in [0.1, 0.15) is 0 Å². The highest BCUT2D eigenvalue weighted by atomic mass is 16.5. The third-order valence-electron chi connectivity index (χ3n) is 2.19. The van der Waals surface area contributed by atoms with Gasteiger partial charge in [0.2, 0.25) is 0 Å². The van der Waals surface area contributed by atoms with Crippen LogP contribution in [0.3, 0.4) is 0 Å². The summed E-state index contributed by atoms with van der Waals surface area (Å²) >= 11 is 0. The molecular formula is C7H13N5O. The van der Waals surface area contributed by atoms with Crippen molar-refractivity contribution in [2.75, 3.05) is 6.61 Å². The number of aromatic nitrogens is 4. The van der Waals surface area contributed by atoms with Crippen LogP contribution in [0.4, 0.5) is 0 Å². The van der Waals surface area contributed by atoms with Crippen molar-refractivity contribution in [2.24, 2.45) is 5.73 Å². The molecule has 6 nitrogen and oxygen atoms in total. The number of hydrogen-bond donors (Lipinski definition) is 1. The van der Waals surface area contributed by atoms with Crippen LogP contribution in [0.25, 0.3) is 0 Å². The van der Waals surface area contributed by atoms with Crippen LogP contribution in [0.2, 0.25) is 0 Å². The van der Waals surface area contributed by atoms with E-state index >= 15 is 0 Å². The van der Waals surface area contributed by atoms with E-state index in [1.165, 1.54) is 0 Å². The standard InChI is InChI=1S/C7H13N5O/c8-4-7-9-10-11-12(7)5-6-2-1-3-13-6/h6H,1-5,8H2. The Labute approximate surface area is 76.1 Å². The Kier molecular flexibility index (Phi) is 2.51. The van der Waals surface area contributed by atoms with Gasteiger partial charge in [0.25, 0.3) is 0 Å². The first-order chi connectivity index (χ1) is 6.40. The van der Waals surface area contributed by atoms with E-state index < -0.39 is 0 Å². The zero-order chi connectivity index (χ0) is 9.10. The molecule has 0 aliphatic carbocycles. The Balaban J connectivity index is 1.99. The van der Waals surface area contributed by atoms with Crippen molar-refractivity contribution in [3.8, 4) is 0 Å². The lowest BCUT2D eigenvalue weighted by Crippen LogP contribution is -2.19. The maximum Gasteiger partial charge on any atom is 0.164 e. The lowest BCUT2D eigenvalue weighted by molar-refractivity contribution is 0.0927. The number of nitrogens with two attached hydrogens (primary N) is 1. The van der Waals surface area contributed by atoms with Gasteiger partial charge in [-0.25, -0.2) is 4.68 Å². The predicted molar refractivity (Wildman–Crippen MR) is 44.7 cm³/mol. The second-order valence-corrected chi connectivity index (χ2v) is 3.12. The molecule has 1 unspecified atom stereocenters. The molecule has 6 heteroatoms. The number of nitrogens with zero attached hydrogens (tertiary/aromatic N) is 4. The SMILES string of the molecule is NCc1nnnn1CC1CCCO1. The van der Waals surface area contributed by atoms with Crippen LogP contribution in [0.1, 0.15) is 18.7 Å². The molecule has 0 aromatic carbocycles. The molecule has 0 amide bonds. The normalized spacial score (nSPS) is 22.4. The molecular weight excluding hydrogens is 170 g/mol. The van der Waals surface area contributed by atoms with Gasteiger partial charge in [0.05, 0.1) is 19.2 Å². The summed E-state index contributed by atoms with van der Waals surface area (Å²) in [5, 5.41) is 11.2. The minimum Gasteiger partial charge on any atom is -0.376 e. The molecule has 1 aromatic heterocycles. The van der Waals surface area contributed by atoms with Gasteiger partial charge in [0.15, 0.2) is 5.82 Å². The van der Waals surface area contributed by atoms with Gasteiger partial charge in [-0.1, -0.05) is 0 Å². The Morgan fingerprint density at radius 3 is 3.23 bits per heavy atom. The maximum atomic E-state index is 5.47. The first-order valence-electron chi connectivity index (χ1n) is 4.47. The number of tetrazole rings is 1. The second-order valence-electron chi connectivity index (χ2n) is 3.12. The highest BCUT2D eigenvalue weighted by Crippen LogP contribution is 2.13. The van der Waals surface area contributed by atoms with E-state index in [0.29, 0.717) is 6.54 Å². The highest BCUT2D eigenvalue weighted by molar-refractivity contribution is 4.79. The fourth-order valence-corrected chi connectivity index (χ4v) is 1.49. The minimum atomic E-state index is 0.258. The lowest BCUT2D eigenvalue weighted by Gasteiger charge is -2.09. The van der Waals surface area contributed by atoms with Crippen molar-refractivity contribution < 1.29 is 4.74 Å². The largest absolute Gasteiger partial charge is 0.376 e. The van der Waals surface area contributed by atoms with E-state index in [0.717, 1.165) is 31.8 Å². The third kappa shape index (κ3) is 1.84. The van der Waals surface area contributed by atoms with Crippen molar-refractivity contribution in [3.63, 3.8) is 0 Å². The molecule has 0 radical (unpaired) electrons. The molecule has 0 spiro atoms. The van der Waals surface area contributed by atoms with Crippen LogP contribution < -0.4 is 5.73 Å². The molecule has 1 aliphatic heterocycles. The van der Waals surface area contributed by atoms with Gasteiger partial charge in [0, 0.05) is 6.61 Å². The van der Waals surface area contributed by atoms with Gasteiger partial charge < -0.3 is 10.5 Å². The van der Waals surface area contributed by atoms with Gasteiger partial charge in [-0.3, -0.25) is 0 Å². The summed E-state index contributed by atoms with van der Waals surface area (Å²) in [6.07, 6.45) is 2.48. The van der Waals surface area contributed by atoms with Crippen molar-refractivity contribution in [1.29, 1.82) is 0 Å². The summed E-state index contributed by atoms with van der Waals surface area (Å²) in [7, 11) is 0. The summed E-state index contributed by atoms with van der Waals surface area (Å²) in [5.41, 5.74) is 5.47. The molecule has 13 heavy (non-hydrogen) atoms. The van der Waals surface area contributed by atoms with Gasteiger partial charge >= 0.3 is 0 Å². The average Bonchev–Trinajstić information content (AvgIpc) is 2.76. The Morgan fingerprint density at radius 2 is 2.54 bits per heavy atom. The molecule has 0 bridgehead atoms. The molecule has 0 saturated carbocycles. The average molecular weight is 183 g/mol. The van der Waals surface area contributed by atoms with Crippen LogP contribution in [-0.2, 0) is 17.8 Å². The molecule has 1 aromatic rings. The molecule has 72 valence electrons. The summed E-state index contributed by atoms with van der Waals surface area (Å²) in [6.45, 7) is 1.95. The van der Waals surface area contributed by atoms with E-state index in [1.807, 2.05) is 0 Å². The van der Waals surface area contributed by atoms with E-state index in [2.05, 4.69) is 15.5 Å². The first-order valence-corrected chi connectivity index (χ1v) is 4.47. The fourth-order valence-electron chi connectivity index (χ4n) is 1.49. The Morgan fingerprint density at radius 1 is 1.62 bits per heavy atom. The second kappa shape index (κ2) is 3.80. The third-order valence-corrected chi connectivity index (χ3v) is 2.19. The van der Waals surface area contributed by atoms with Crippen molar-refractivity contribution in [3.05, 3.63) is 5.82 Å². The maximum absolute atomic E-state index is 5.47. The van der Waals surface area contributed by atoms with E-state index in [-0.39, 0.29) is 6.10 Å². The molecule has 1 saturated heterocycles. The Bertz CT molecular complexity index is 268. The van der Waals surface area contributed by atoms with E-state index in [9.17, 15) is 0 Å². The molecule has 2 N–H and O–H groups in total. The summed E-state index contributed by atoms with van der Waals surface area (Å²) in [4.78, 5) is 0. The first kappa shape index (κ1) is 8.58. The summed E-state index contributed by atoms with van der Waals surface area (Å²) in [6, 6.07) is 0. The summed E-state index contributed by atoms with van der Waals surface area (Å²) < 4.78 is 7.19. The number of ether oxygens (including phenoxy) is 1. The fraction of sp³-hybridized carbons (Fsp3) is 0.857. The predicted octanol–water partition coefficient (Wildman–Crippen LogP) is -0.689. The van der Waals surface area contributed by atoms with E-state index in [1.54, 1.807) is 4.68 Å². The van der Waals surface area contributed by atoms with Crippen LogP contribution in [0, 0.1) is 0 Å². The van der Waals surface area contributed by atoms with Crippen LogP contribution in [-0.4, -0.2) is 32.9 Å². The monoisotopic (exact) mass is 183 g/mol. The van der Waals surface area contributed by atoms with Crippen LogP contribution in [0.15, 0.2) is 0 Å². The molecule has 1 atom stereocenters. The zero-order valence-electron chi connectivity index (χ0n) is 7.39. The van der Waals surface area contributed by atoms with E-state index in [4.69, 9.17) is 10.5 Å². The van der Waals surface area contributed by atoms with Gasteiger partial charge in [-0.05, 0) is 23.3 Å². The van der Waals surface area contributed by atoms with Crippen molar-refractivity contribution >= 4 is 0 Å². The number of rotatable bonds is 3. The van der Waals surface area contributed by atoms with Crippen molar-refractivity contribution in [1.82, 2.24) is 20.2 Å². The quantitative estimate of drug-likeness (QED) is 0.671. The highest BCUT2D eigenvalue weighted by Gasteiger charge is 2.17. The van der Waals surface area contributed by atoms with Gasteiger partial charge in [-0.2, -0.15) is 0 Å². The smallest absolute Gasteiger partial charge is 0.164 e. The summed E-state index contributed by atoms with van der Waals surface area (Å²) in [5.74, 6) is 0.718. The van der Waals surface area contributed by atoms with Crippen LogP contribution in [0.5, 0.6) is 0 Å². The number of hydrogen-bond acceptors (Lipinski definition) is 5. The topological polar surface area (TPSA) is 78.9 Å². The minimum absolute atomic E-state index is 0.258. The van der Waals surface area contributed by atoms with Gasteiger partial charge in [-0.15, -0.1) is 5.10 Å². The molecule has 2 rings (SSSR count). The Hall–Kier alpha value is -1.01. The molecule has 1 aliphatic rings. The molecule has 2 heterocycles.